The second kappa shape index (κ2) is 5.96. The van der Waals surface area contributed by atoms with Gasteiger partial charge in [0.1, 0.15) is 16.6 Å². The van der Waals surface area contributed by atoms with Crippen molar-refractivity contribution < 1.29 is 0 Å². The summed E-state index contributed by atoms with van der Waals surface area (Å²) < 4.78 is 1.93. The molecule has 0 atom stereocenters. The first-order valence-corrected chi connectivity index (χ1v) is 6.74. The number of hydrogen-bond donors (Lipinski definition) is 2. The van der Waals surface area contributed by atoms with Crippen LogP contribution >= 0.6 is 15.9 Å². The highest BCUT2D eigenvalue weighted by Crippen LogP contribution is 2.16. The van der Waals surface area contributed by atoms with Crippen LogP contribution in [0.5, 0.6) is 0 Å². The van der Waals surface area contributed by atoms with Gasteiger partial charge >= 0.3 is 0 Å². The Labute approximate surface area is 118 Å². The number of hydrogen-bond acceptors (Lipinski definition) is 5. The van der Waals surface area contributed by atoms with Crippen LogP contribution in [-0.2, 0) is 6.42 Å². The molecule has 0 fully saturated rings. The maximum atomic E-state index is 12.0. The maximum absolute atomic E-state index is 12.0. The summed E-state index contributed by atoms with van der Waals surface area (Å²) in [6.07, 6.45) is 3.81. The topological polar surface area (TPSA) is 88.5 Å². The van der Waals surface area contributed by atoms with Crippen LogP contribution in [-0.4, -0.2) is 31.5 Å². The highest BCUT2D eigenvalue weighted by molar-refractivity contribution is 9.10. The molecule has 2 aromatic rings. The van der Waals surface area contributed by atoms with E-state index >= 15 is 0 Å². The monoisotopic (exact) mass is 326 g/mol. The lowest BCUT2D eigenvalue weighted by molar-refractivity contribution is 0.501. The lowest BCUT2D eigenvalue weighted by Gasteiger charge is -2.12. The molecule has 0 spiro atoms. The van der Waals surface area contributed by atoms with Gasteiger partial charge in [-0.1, -0.05) is 0 Å². The minimum absolute atomic E-state index is 0.0343. The third-order valence-electron chi connectivity index (χ3n) is 2.57. The minimum atomic E-state index is -0.139. The van der Waals surface area contributed by atoms with Crippen molar-refractivity contribution in [3.8, 4) is 0 Å². The molecule has 19 heavy (non-hydrogen) atoms. The Balaban J connectivity index is 2.05. The Hall–Kier alpha value is -1.70. The Morgan fingerprint density at radius 1 is 1.53 bits per heavy atom. The van der Waals surface area contributed by atoms with Crippen LogP contribution in [0.25, 0.3) is 0 Å². The van der Waals surface area contributed by atoms with E-state index in [9.17, 15) is 4.79 Å². The molecular formula is C11H15BrN6O. The molecule has 7 nitrogen and oxygen atoms in total. The molecule has 0 bridgehead atoms. The first kappa shape index (κ1) is 13.7. The summed E-state index contributed by atoms with van der Waals surface area (Å²) in [5, 5.41) is 13.8. The summed E-state index contributed by atoms with van der Waals surface area (Å²) >= 11 is 3.31. The molecule has 0 aromatic carbocycles. The molecule has 2 rings (SSSR count). The van der Waals surface area contributed by atoms with Crippen LogP contribution in [0.1, 0.15) is 25.7 Å². The van der Waals surface area contributed by atoms with Crippen LogP contribution in [0, 0.1) is 0 Å². The molecule has 0 aliphatic heterocycles. The van der Waals surface area contributed by atoms with E-state index in [1.807, 2.05) is 13.8 Å². The van der Waals surface area contributed by atoms with E-state index in [4.69, 9.17) is 0 Å². The smallest absolute Gasteiger partial charge is 0.283 e. The number of rotatable bonds is 5. The molecular weight excluding hydrogens is 312 g/mol. The first-order chi connectivity index (χ1) is 9.09. The SMILES string of the molecule is CC(C)n1ncc(NCCc2ncn[nH]2)c(Br)c1=O. The predicted octanol–water partition coefficient (Wildman–Crippen LogP) is 1.36. The molecule has 0 saturated carbocycles. The van der Waals surface area contributed by atoms with Crippen molar-refractivity contribution in [3.63, 3.8) is 0 Å². The van der Waals surface area contributed by atoms with Gasteiger partial charge in [-0.3, -0.25) is 9.89 Å². The number of aromatic amines is 1. The van der Waals surface area contributed by atoms with Crippen molar-refractivity contribution in [3.05, 3.63) is 33.2 Å². The average molecular weight is 327 g/mol. The van der Waals surface area contributed by atoms with Gasteiger partial charge in [-0.05, 0) is 29.8 Å². The Kier molecular flexibility index (Phi) is 4.31. The van der Waals surface area contributed by atoms with Crippen molar-refractivity contribution >= 4 is 21.6 Å². The van der Waals surface area contributed by atoms with E-state index in [0.29, 0.717) is 23.1 Å². The van der Waals surface area contributed by atoms with E-state index in [1.165, 1.54) is 11.0 Å². The molecule has 0 aliphatic carbocycles. The average Bonchev–Trinajstić information content (AvgIpc) is 2.87. The summed E-state index contributed by atoms with van der Waals surface area (Å²) in [4.78, 5) is 16.0. The highest BCUT2D eigenvalue weighted by Gasteiger charge is 2.10. The third-order valence-corrected chi connectivity index (χ3v) is 3.34. The Bertz CT molecular complexity index is 592. The van der Waals surface area contributed by atoms with Gasteiger partial charge in [-0.15, -0.1) is 0 Å². The molecule has 8 heteroatoms. The van der Waals surface area contributed by atoms with Gasteiger partial charge in [0.15, 0.2) is 0 Å². The van der Waals surface area contributed by atoms with E-state index in [1.54, 1.807) is 6.20 Å². The normalized spacial score (nSPS) is 10.9. The summed E-state index contributed by atoms with van der Waals surface area (Å²) in [7, 11) is 0. The lowest BCUT2D eigenvalue weighted by atomic mass is 10.3. The predicted molar refractivity (Wildman–Crippen MR) is 75.2 cm³/mol. The number of anilines is 1. The van der Waals surface area contributed by atoms with Gasteiger partial charge in [0.05, 0.1) is 17.9 Å². The molecule has 0 aliphatic rings. The summed E-state index contributed by atoms with van der Waals surface area (Å²) in [5.74, 6) is 0.798. The molecule has 2 N–H and O–H groups in total. The molecule has 2 heterocycles. The number of nitrogens with one attached hydrogen (secondary N) is 2. The van der Waals surface area contributed by atoms with E-state index < -0.39 is 0 Å². The van der Waals surface area contributed by atoms with Crippen molar-refractivity contribution in [2.75, 3.05) is 11.9 Å². The standard InChI is InChI=1S/C11H15BrN6O/c1-7(2)18-11(19)10(12)8(5-16-18)13-4-3-9-14-6-15-17-9/h5-7,13H,3-4H2,1-2H3,(H,14,15,17). The fourth-order valence-electron chi connectivity index (χ4n) is 1.60. The van der Waals surface area contributed by atoms with Gasteiger partial charge in [0.25, 0.3) is 5.56 Å². The van der Waals surface area contributed by atoms with Crippen molar-refractivity contribution in [2.24, 2.45) is 0 Å². The van der Waals surface area contributed by atoms with Crippen LogP contribution in [0.2, 0.25) is 0 Å². The zero-order valence-electron chi connectivity index (χ0n) is 10.7. The fraction of sp³-hybridized carbons (Fsp3) is 0.455. The van der Waals surface area contributed by atoms with Crippen LogP contribution < -0.4 is 10.9 Å². The number of nitrogens with zero attached hydrogens (tertiary/aromatic N) is 4. The van der Waals surface area contributed by atoms with Crippen molar-refractivity contribution in [2.45, 2.75) is 26.3 Å². The second-order valence-corrected chi connectivity index (χ2v) is 5.12. The van der Waals surface area contributed by atoms with Gasteiger partial charge in [0, 0.05) is 13.0 Å². The molecule has 0 unspecified atom stereocenters. The molecule has 2 aromatic heterocycles. The van der Waals surface area contributed by atoms with Gasteiger partial charge < -0.3 is 5.32 Å². The van der Waals surface area contributed by atoms with Crippen LogP contribution in [0.15, 0.2) is 21.8 Å². The Morgan fingerprint density at radius 2 is 2.32 bits per heavy atom. The molecule has 0 radical (unpaired) electrons. The van der Waals surface area contributed by atoms with E-state index in [0.717, 1.165) is 5.82 Å². The minimum Gasteiger partial charge on any atom is -0.382 e. The second-order valence-electron chi connectivity index (χ2n) is 4.32. The molecule has 0 amide bonds. The lowest BCUT2D eigenvalue weighted by Crippen LogP contribution is -2.26. The quantitative estimate of drug-likeness (QED) is 0.866. The molecule has 102 valence electrons. The maximum Gasteiger partial charge on any atom is 0.283 e. The Morgan fingerprint density at radius 3 is 2.95 bits per heavy atom. The summed E-state index contributed by atoms with van der Waals surface area (Å²) in [5.41, 5.74) is 0.543. The summed E-state index contributed by atoms with van der Waals surface area (Å²) in [6, 6.07) is 0.0343. The zero-order valence-corrected chi connectivity index (χ0v) is 12.3. The third kappa shape index (κ3) is 3.19. The number of aromatic nitrogens is 5. The van der Waals surface area contributed by atoms with Crippen LogP contribution in [0.3, 0.4) is 0 Å². The van der Waals surface area contributed by atoms with Crippen molar-refractivity contribution in [1.82, 2.24) is 25.0 Å². The largest absolute Gasteiger partial charge is 0.382 e. The zero-order chi connectivity index (χ0) is 13.8. The van der Waals surface area contributed by atoms with Crippen LogP contribution in [0.4, 0.5) is 5.69 Å². The number of halogens is 1. The van der Waals surface area contributed by atoms with Gasteiger partial charge in [-0.2, -0.15) is 10.2 Å². The van der Waals surface area contributed by atoms with E-state index in [-0.39, 0.29) is 11.6 Å². The van der Waals surface area contributed by atoms with Gasteiger partial charge in [-0.25, -0.2) is 9.67 Å². The molecule has 0 saturated heterocycles. The first-order valence-electron chi connectivity index (χ1n) is 5.95. The van der Waals surface area contributed by atoms with E-state index in [2.05, 4.69) is 41.5 Å². The summed E-state index contributed by atoms with van der Waals surface area (Å²) in [6.45, 7) is 4.47. The highest BCUT2D eigenvalue weighted by atomic mass is 79.9. The van der Waals surface area contributed by atoms with Crippen molar-refractivity contribution in [1.29, 1.82) is 0 Å². The number of H-pyrrole nitrogens is 1. The van der Waals surface area contributed by atoms with Gasteiger partial charge in [0.2, 0.25) is 0 Å². The fourth-order valence-corrected chi connectivity index (χ4v) is 2.03.